The highest BCUT2D eigenvalue weighted by Gasteiger charge is 2.38. The highest BCUT2D eigenvalue weighted by molar-refractivity contribution is 6.74. The van der Waals surface area contributed by atoms with Gasteiger partial charge >= 0.3 is 0 Å². The third kappa shape index (κ3) is 3.30. The van der Waals surface area contributed by atoms with Gasteiger partial charge in [-0.05, 0) is 31.0 Å². The first-order valence-electron chi connectivity index (χ1n) is 6.06. The van der Waals surface area contributed by atoms with E-state index in [0.29, 0.717) is 5.92 Å². The second kappa shape index (κ2) is 4.56. The van der Waals surface area contributed by atoms with Crippen molar-refractivity contribution in [3.63, 3.8) is 0 Å². The highest BCUT2D eigenvalue weighted by atomic mass is 28.4. The molecule has 0 heterocycles. The minimum absolute atomic E-state index is 0.116. The molecule has 2 atom stereocenters. The van der Waals surface area contributed by atoms with Gasteiger partial charge in [0.2, 0.25) is 0 Å². The average Bonchev–Trinajstić information content (AvgIpc) is 2.46. The van der Waals surface area contributed by atoms with Crippen molar-refractivity contribution in [1.29, 1.82) is 0 Å². The summed E-state index contributed by atoms with van der Waals surface area (Å²) in [5.41, 5.74) is 0. The lowest BCUT2D eigenvalue weighted by molar-refractivity contribution is 0.0939. The molecule has 0 aliphatic heterocycles. The van der Waals surface area contributed by atoms with Gasteiger partial charge in [-0.2, -0.15) is 0 Å². The van der Waals surface area contributed by atoms with Crippen LogP contribution in [0.5, 0.6) is 0 Å². The van der Waals surface area contributed by atoms with Gasteiger partial charge in [-0.1, -0.05) is 27.2 Å². The van der Waals surface area contributed by atoms with Crippen LogP contribution in [0, 0.1) is 5.92 Å². The standard InChI is InChI=1S/C12H26O2Si/c1-12(2,3)15(4,5)14-9-10-7-6-8-11(10)13/h10-11,13H,6-9H2,1-5H3. The lowest BCUT2D eigenvalue weighted by Crippen LogP contribution is -2.42. The fourth-order valence-electron chi connectivity index (χ4n) is 1.74. The van der Waals surface area contributed by atoms with Gasteiger partial charge in [-0.3, -0.25) is 0 Å². The molecule has 90 valence electrons. The van der Waals surface area contributed by atoms with Crippen molar-refractivity contribution in [2.45, 2.75) is 64.3 Å². The molecule has 1 aliphatic rings. The summed E-state index contributed by atoms with van der Waals surface area (Å²) >= 11 is 0. The zero-order valence-electron chi connectivity index (χ0n) is 10.8. The topological polar surface area (TPSA) is 29.5 Å². The molecule has 0 radical (unpaired) electrons. The first-order chi connectivity index (χ1) is 6.74. The lowest BCUT2D eigenvalue weighted by Gasteiger charge is -2.37. The smallest absolute Gasteiger partial charge is 0.191 e. The van der Waals surface area contributed by atoms with E-state index < -0.39 is 8.32 Å². The first kappa shape index (κ1) is 13.2. The molecule has 0 saturated heterocycles. The Morgan fingerprint density at radius 3 is 2.27 bits per heavy atom. The molecule has 0 bridgehead atoms. The van der Waals surface area contributed by atoms with Gasteiger partial charge in [0.1, 0.15) is 0 Å². The van der Waals surface area contributed by atoms with Gasteiger partial charge in [0.25, 0.3) is 0 Å². The molecule has 1 aliphatic carbocycles. The average molecular weight is 230 g/mol. The Kier molecular flexibility index (Phi) is 4.01. The van der Waals surface area contributed by atoms with Crippen LogP contribution in [0.25, 0.3) is 0 Å². The van der Waals surface area contributed by atoms with Crippen molar-refractivity contribution in [1.82, 2.24) is 0 Å². The van der Waals surface area contributed by atoms with Gasteiger partial charge in [0.05, 0.1) is 6.10 Å². The van der Waals surface area contributed by atoms with Crippen LogP contribution >= 0.6 is 0 Å². The molecule has 1 saturated carbocycles. The minimum atomic E-state index is -1.61. The number of hydrogen-bond acceptors (Lipinski definition) is 2. The molecule has 0 amide bonds. The van der Waals surface area contributed by atoms with E-state index in [1.165, 1.54) is 0 Å². The summed E-state index contributed by atoms with van der Waals surface area (Å²) in [4.78, 5) is 0. The Morgan fingerprint density at radius 1 is 1.27 bits per heavy atom. The third-order valence-electron chi connectivity index (χ3n) is 4.08. The van der Waals surface area contributed by atoms with Gasteiger partial charge in [-0.15, -0.1) is 0 Å². The Morgan fingerprint density at radius 2 is 1.87 bits per heavy atom. The van der Waals surface area contributed by atoms with Crippen LogP contribution in [0.3, 0.4) is 0 Å². The van der Waals surface area contributed by atoms with Crippen molar-refractivity contribution >= 4 is 8.32 Å². The molecule has 1 fully saturated rings. The Labute approximate surface area is 95.2 Å². The fraction of sp³-hybridized carbons (Fsp3) is 1.00. The summed E-state index contributed by atoms with van der Waals surface area (Å²) < 4.78 is 6.13. The molecule has 0 aromatic carbocycles. The summed E-state index contributed by atoms with van der Waals surface area (Å²) in [7, 11) is -1.61. The number of rotatable bonds is 3. The summed E-state index contributed by atoms with van der Waals surface area (Å²) in [5.74, 6) is 0.388. The second-order valence-electron chi connectivity index (χ2n) is 6.33. The minimum Gasteiger partial charge on any atom is -0.416 e. The highest BCUT2D eigenvalue weighted by Crippen LogP contribution is 2.37. The molecule has 0 spiro atoms. The van der Waals surface area contributed by atoms with Gasteiger partial charge in [-0.25, -0.2) is 0 Å². The monoisotopic (exact) mass is 230 g/mol. The van der Waals surface area contributed by atoms with Crippen molar-refractivity contribution in [2.75, 3.05) is 6.61 Å². The summed E-state index contributed by atoms with van der Waals surface area (Å²) in [6.07, 6.45) is 3.14. The van der Waals surface area contributed by atoms with E-state index in [4.69, 9.17) is 4.43 Å². The largest absolute Gasteiger partial charge is 0.416 e. The van der Waals surface area contributed by atoms with E-state index in [1.54, 1.807) is 0 Å². The SMILES string of the molecule is CC(C)(C)[Si](C)(C)OCC1CCCC1O. The van der Waals surface area contributed by atoms with E-state index in [9.17, 15) is 5.11 Å². The van der Waals surface area contributed by atoms with E-state index >= 15 is 0 Å². The van der Waals surface area contributed by atoms with Gasteiger partial charge < -0.3 is 9.53 Å². The molecule has 2 nitrogen and oxygen atoms in total. The summed E-state index contributed by atoms with van der Waals surface area (Å²) in [5, 5.41) is 10.00. The zero-order valence-corrected chi connectivity index (χ0v) is 11.8. The first-order valence-corrected chi connectivity index (χ1v) is 8.97. The molecular formula is C12H26O2Si. The maximum atomic E-state index is 9.72. The number of aliphatic hydroxyl groups is 1. The number of hydrogen-bond donors (Lipinski definition) is 1. The summed E-state index contributed by atoms with van der Waals surface area (Å²) in [6, 6.07) is 0. The van der Waals surface area contributed by atoms with Gasteiger partial charge in [0.15, 0.2) is 8.32 Å². The molecule has 15 heavy (non-hydrogen) atoms. The Hall–Kier alpha value is 0.137. The van der Waals surface area contributed by atoms with Crippen molar-refractivity contribution in [3.05, 3.63) is 0 Å². The van der Waals surface area contributed by atoms with Crippen molar-refractivity contribution < 1.29 is 9.53 Å². The van der Waals surface area contributed by atoms with Crippen LogP contribution in [0.15, 0.2) is 0 Å². The fourth-order valence-corrected chi connectivity index (χ4v) is 2.81. The normalized spacial score (nSPS) is 28.4. The predicted molar refractivity (Wildman–Crippen MR) is 66.5 cm³/mol. The number of aliphatic hydroxyl groups excluding tert-OH is 1. The van der Waals surface area contributed by atoms with Crippen molar-refractivity contribution in [2.24, 2.45) is 5.92 Å². The molecule has 0 aromatic heterocycles. The third-order valence-corrected chi connectivity index (χ3v) is 8.58. The molecule has 1 N–H and O–H groups in total. The molecule has 2 unspecified atom stereocenters. The van der Waals surface area contributed by atoms with E-state index in [0.717, 1.165) is 25.9 Å². The maximum absolute atomic E-state index is 9.72. The van der Waals surface area contributed by atoms with Crippen molar-refractivity contribution in [3.8, 4) is 0 Å². The van der Waals surface area contributed by atoms with E-state index in [-0.39, 0.29) is 11.1 Å². The van der Waals surface area contributed by atoms with Crippen LogP contribution in [-0.2, 0) is 4.43 Å². The van der Waals surface area contributed by atoms with Crippen LogP contribution in [0.1, 0.15) is 40.0 Å². The van der Waals surface area contributed by atoms with Crippen LogP contribution in [0.2, 0.25) is 18.1 Å². The zero-order chi connectivity index (χ0) is 11.7. The van der Waals surface area contributed by atoms with Crippen LogP contribution in [0.4, 0.5) is 0 Å². The quantitative estimate of drug-likeness (QED) is 0.755. The Bertz CT molecular complexity index is 208. The van der Waals surface area contributed by atoms with E-state index in [1.807, 2.05) is 0 Å². The molecule has 3 heteroatoms. The lowest BCUT2D eigenvalue weighted by atomic mass is 10.1. The predicted octanol–water partition coefficient (Wildman–Crippen LogP) is 3.17. The van der Waals surface area contributed by atoms with E-state index in [2.05, 4.69) is 33.9 Å². The maximum Gasteiger partial charge on any atom is 0.191 e. The summed E-state index contributed by atoms with van der Waals surface area (Å²) in [6.45, 7) is 12.1. The van der Waals surface area contributed by atoms with Crippen LogP contribution in [-0.4, -0.2) is 26.1 Å². The molecule has 1 rings (SSSR count). The Balaban J connectivity index is 2.42. The molecular weight excluding hydrogens is 204 g/mol. The van der Waals surface area contributed by atoms with Gasteiger partial charge in [0, 0.05) is 12.5 Å². The molecule has 0 aromatic rings. The second-order valence-corrected chi connectivity index (χ2v) is 11.1. The van der Waals surface area contributed by atoms with Crippen LogP contribution < -0.4 is 0 Å².